The third kappa shape index (κ3) is 27.8. The lowest BCUT2D eigenvalue weighted by atomic mass is 9.94. The second-order valence-electron chi connectivity index (χ2n) is 30.4. The summed E-state index contributed by atoms with van der Waals surface area (Å²) in [6.07, 6.45) is 70.1. The summed E-state index contributed by atoms with van der Waals surface area (Å²) in [4.78, 5) is 57.9. The Hall–Kier alpha value is -12.5. The van der Waals surface area contributed by atoms with E-state index in [0.717, 1.165) is 66.7 Å². The first-order valence-electron chi connectivity index (χ1n) is 43.0. The SMILES string of the molecule is c1cc2c(cn1)CCC2.c1cc2c(cn1)CCCC2.c1cc2c(cn1)CCCCC2.c1cc2c(cn1)COCC2.c1ccc2cnccc2c1.c1ccc2ncccc2c1.c1cnc2c(c1)CCC2.c1cnc2c(c1)CCCC2.c1cnc2c(c1)CCCCC2.c1cnc2c(c1)COCC2.c1cnc2cnccc2c1.c1cnc2ncccc2c1. The highest BCUT2D eigenvalue weighted by molar-refractivity contribution is 5.81. The van der Waals surface area contributed by atoms with Crippen molar-refractivity contribution in [3.63, 3.8) is 0 Å². The molecule has 0 saturated carbocycles. The number of aromatic nitrogens is 14. The van der Waals surface area contributed by atoms with Gasteiger partial charge in [-0.05, 0) is 328 Å². The normalized spacial score (nSPS) is 14.3. The van der Waals surface area contributed by atoms with Gasteiger partial charge in [-0.2, -0.15) is 0 Å². The number of benzene rings is 2. The quantitative estimate of drug-likeness (QED) is 0.130. The fraction of sp³-hybridized carbons (Fsp3) is 0.288. The molecular weight excluding hydrogens is 1480 g/mol. The Morgan fingerprint density at radius 1 is 0.175 bits per heavy atom. The molecule has 6 aliphatic carbocycles. The summed E-state index contributed by atoms with van der Waals surface area (Å²) < 4.78 is 10.5. The molecule has 16 heterocycles. The summed E-state index contributed by atoms with van der Waals surface area (Å²) >= 11 is 0. The third-order valence-corrected chi connectivity index (χ3v) is 22.1. The number of para-hydroxylation sites is 1. The van der Waals surface area contributed by atoms with E-state index in [1.807, 2.05) is 202 Å². The number of nitrogens with zero attached hydrogens (tertiary/aromatic N) is 14. The molecule has 16 nitrogen and oxygen atoms in total. The minimum absolute atomic E-state index is 0.739. The lowest BCUT2D eigenvalue weighted by Gasteiger charge is -2.14. The van der Waals surface area contributed by atoms with Gasteiger partial charge in [0.05, 0.1) is 43.7 Å². The number of aryl methyl sites for hydroxylation is 12. The topological polar surface area (TPSA) is 199 Å². The second kappa shape index (κ2) is 49.0. The maximum Gasteiger partial charge on any atom is 0.159 e. The summed E-state index contributed by atoms with van der Waals surface area (Å²) in [5.41, 5.74) is 25.2. The molecule has 16 aromatic rings. The van der Waals surface area contributed by atoms with Crippen LogP contribution in [0.1, 0.15) is 167 Å². The van der Waals surface area contributed by atoms with Gasteiger partial charge in [0.2, 0.25) is 0 Å². The fourth-order valence-corrected chi connectivity index (χ4v) is 15.5. The van der Waals surface area contributed by atoms with Gasteiger partial charge in [-0.25, -0.2) is 9.97 Å². The Morgan fingerprint density at radius 3 is 1.02 bits per heavy atom. The lowest BCUT2D eigenvalue weighted by molar-refractivity contribution is 0.109. The Kier molecular flexibility index (Phi) is 34.9. The largest absolute Gasteiger partial charge is 0.376 e. The highest BCUT2D eigenvalue weighted by Crippen LogP contribution is 2.25. The lowest BCUT2D eigenvalue weighted by Crippen LogP contribution is -2.10. The number of rotatable bonds is 0. The van der Waals surface area contributed by atoms with Crippen molar-refractivity contribution in [1.82, 2.24) is 69.8 Å². The van der Waals surface area contributed by atoms with E-state index in [0.29, 0.717) is 0 Å². The highest BCUT2D eigenvalue weighted by Gasteiger charge is 2.14. The van der Waals surface area contributed by atoms with Gasteiger partial charge in [0, 0.05) is 163 Å². The molecule has 0 bridgehead atoms. The first-order valence-corrected chi connectivity index (χ1v) is 43.0. The fourth-order valence-electron chi connectivity index (χ4n) is 15.5. The van der Waals surface area contributed by atoms with Crippen molar-refractivity contribution >= 4 is 43.6 Å². The van der Waals surface area contributed by atoms with Gasteiger partial charge in [-0.15, -0.1) is 0 Å². The predicted octanol–water partition coefficient (Wildman–Crippen LogP) is 21.8. The average Bonchev–Trinajstić information content (AvgIpc) is 1.23. The van der Waals surface area contributed by atoms with E-state index in [4.69, 9.17) is 9.47 Å². The Balaban J connectivity index is 0.000000113. The Morgan fingerprint density at radius 2 is 0.500 bits per heavy atom. The molecule has 608 valence electrons. The number of ether oxygens (including phenoxy) is 2. The van der Waals surface area contributed by atoms with Crippen molar-refractivity contribution < 1.29 is 9.47 Å². The maximum absolute atomic E-state index is 5.26. The predicted molar refractivity (Wildman–Crippen MR) is 483 cm³/mol. The molecule has 2 aliphatic heterocycles. The van der Waals surface area contributed by atoms with E-state index in [1.54, 1.807) is 31.0 Å². The van der Waals surface area contributed by atoms with E-state index in [-0.39, 0.29) is 0 Å². The van der Waals surface area contributed by atoms with Crippen LogP contribution in [0.15, 0.2) is 306 Å². The van der Waals surface area contributed by atoms with Crippen molar-refractivity contribution in [3.8, 4) is 0 Å². The molecule has 8 aliphatic rings. The van der Waals surface area contributed by atoms with Crippen molar-refractivity contribution in [1.29, 1.82) is 0 Å². The standard InChI is InChI=1S/2C10H13N.C9H11N.C9H7N.C9H11N.C9H7N.2C8H6N2.2C8H9NO.2C8H9N/c1-2-5-9-6-4-8-11-10(9)7-3-1;1-2-4-9-6-7-11-8-10(9)5-3-1;2*1-2-6-9-8(4-1)5-3-7-10-9;2*1-2-4-9-7-10-6-5-8(9)3-1;1-3-7-4-2-6-10-8(7)9-5-1;1-2-7-3-5-9-6-8(7)10-4-1;1-3-9-5-8-6-10-4-2-7(1)8;1-2-7-6-10-5-3-8(7)9-4-1;1-3-7-4-2-6-9-8(7)5-1;1-2-7-4-5-9-6-8(7)3-1/h4,6,8H,1-3,5,7H2;6-8H,1-5H2;3,5,7H,1-2,4,6H2;1-7H;5-7H,1-4H2;1-7H;2*1-6H;1,3,5H,2,4,6H2;1-2,4H,3,5-6H2;2,4,6H,1,3,5H2;4-6H,1-3H2. The summed E-state index contributed by atoms with van der Waals surface area (Å²) in [6.45, 7) is 3.16. The highest BCUT2D eigenvalue weighted by atomic mass is 16.5. The molecule has 14 aromatic heterocycles. The molecule has 24 rings (SSSR count). The second-order valence-corrected chi connectivity index (χ2v) is 30.4. The van der Waals surface area contributed by atoms with Crippen LogP contribution in [0, 0.1) is 0 Å². The zero-order valence-electron chi connectivity index (χ0n) is 69.2. The number of hydrogen-bond acceptors (Lipinski definition) is 16. The molecule has 0 amide bonds. The van der Waals surface area contributed by atoms with E-state index < -0.39 is 0 Å². The first-order chi connectivity index (χ1) is 59.6. The van der Waals surface area contributed by atoms with Crippen LogP contribution >= 0.6 is 0 Å². The molecule has 120 heavy (non-hydrogen) atoms. The molecule has 16 heteroatoms. The van der Waals surface area contributed by atoms with Gasteiger partial charge in [-0.1, -0.05) is 91.7 Å². The van der Waals surface area contributed by atoms with Gasteiger partial charge in [0.1, 0.15) is 0 Å². The van der Waals surface area contributed by atoms with Crippen LogP contribution in [0.3, 0.4) is 0 Å². The van der Waals surface area contributed by atoms with Crippen LogP contribution < -0.4 is 0 Å². The van der Waals surface area contributed by atoms with Crippen molar-refractivity contribution in [3.05, 3.63) is 395 Å². The molecule has 0 atom stereocenters. The Labute approximate surface area is 707 Å². The number of hydrogen-bond donors (Lipinski definition) is 0. The molecule has 0 saturated heterocycles. The average molecular weight is 1590 g/mol. The molecular formula is C104H110N14O2. The van der Waals surface area contributed by atoms with Crippen LogP contribution in [-0.4, -0.2) is 83.0 Å². The van der Waals surface area contributed by atoms with Gasteiger partial charge in [0.25, 0.3) is 0 Å². The van der Waals surface area contributed by atoms with E-state index in [2.05, 4.69) is 143 Å². The third-order valence-electron chi connectivity index (χ3n) is 22.1. The minimum Gasteiger partial charge on any atom is -0.376 e. The number of pyridine rings is 14. The van der Waals surface area contributed by atoms with E-state index >= 15 is 0 Å². The summed E-state index contributed by atoms with van der Waals surface area (Å²) in [5.74, 6) is 0. The maximum atomic E-state index is 5.26. The summed E-state index contributed by atoms with van der Waals surface area (Å²) in [5, 5.41) is 5.87. The summed E-state index contributed by atoms with van der Waals surface area (Å²) in [6, 6.07) is 61.2. The van der Waals surface area contributed by atoms with Crippen molar-refractivity contribution in [2.24, 2.45) is 0 Å². The zero-order chi connectivity index (χ0) is 81.7. The molecule has 0 spiro atoms. The van der Waals surface area contributed by atoms with Crippen LogP contribution in [0.25, 0.3) is 43.6 Å². The zero-order valence-corrected chi connectivity index (χ0v) is 69.2. The molecule has 0 unspecified atom stereocenters. The van der Waals surface area contributed by atoms with Gasteiger partial charge in [0.15, 0.2) is 5.65 Å². The summed E-state index contributed by atoms with van der Waals surface area (Å²) in [7, 11) is 0. The van der Waals surface area contributed by atoms with Gasteiger partial charge in [-0.3, -0.25) is 59.8 Å². The number of fused-ring (bicyclic) bond motifs is 12. The van der Waals surface area contributed by atoms with Crippen LogP contribution in [0.5, 0.6) is 0 Å². The van der Waals surface area contributed by atoms with Crippen molar-refractivity contribution in [2.75, 3.05) is 13.2 Å². The van der Waals surface area contributed by atoms with Crippen LogP contribution in [0.4, 0.5) is 0 Å². The Bertz CT molecular complexity index is 4660. The first kappa shape index (κ1) is 85.4. The monoisotopic (exact) mass is 1590 g/mol. The van der Waals surface area contributed by atoms with Crippen molar-refractivity contribution in [2.45, 2.75) is 180 Å². The van der Waals surface area contributed by atoms with E-state index in [1.165, 1.54) is 260 Å². The van der Waals surface area contributed by atoms with Crippen LogP contribution in [-0.2, 0) is 113 Å². The minimum atomic E-state index is 0.739. The van der Waals surface area contributed by atoms with Crippen LogP contribution in [0.2, 0.25) is 0 Å². The molecule has 0 radical (unpaired) electrons. The molecule has 2 aromatic carbocycles. The molecule has 0 fully saturated rings. The molecule has 0 N–H and O–H groups in total. The van der Waals surface area contributed by atoms with Gasteiger partial charge < -0.3 is 9.47 Å². The van der Waals surface area contributed by atoms with Gasteiger partial charge >= 0.3 is 0 Å². The van der Waals surface area contributed by atoms with E-state index in [9.17, 15) is 0 Å². The smallest absolute Gasteiger partial charge is 0.159 e.